The van der Waals surface area contributed by atoms with Gasteiger partial charge in [-0.1, -0.05) is 19.6 Å². The molecule has 0 N–H and O–H groups in total. The first-order chi connectivity index (χ1) is 5.88. The monoisotopic (exact) mass is 192 g/mol. The lowest BCUT2D eigenvalue weighted by Crippen LogP contribution is -2.40. The molecule has 13 heavy (non-hydrogen) atoms. The van der Waals surface area contributed by atoms with Crippen LogP contribution in [0.15, 0.2) is 0 Å². The third-order valence-electron chi connectivity index (χ3n) is 2.22. The Morgan fingerprint density at radius 3 is 2.23 bits per heavy atom. The number of rotatable bonds is 1. The summed E-state index contributed by atoms with van der Waals surface area (Å²) in [5.41, 5.74) is 2.05. The lowest BCUT2D eigenvalue weighted by molar-refractivity contribution is 0.737. The van der Waals surface area contributed by atoms with Gasteiger partial charge in [0.2, 0.25) is 0 Å². The minimum Gasteiger partial charge on any atom is -0.272 e. The molecule has 1 heterocycles. The minimum atomic E-state index is -1.35. The normalized spacial score (nSPS) is 11.4. The van der Waals surface area contributed by atoms with Crippen molar-refractivity contribution in [2.24, 2.45) is 7.05 Å². The topological polar surface area (TPSA) is 17.8 Å². The summed E-state index contributed by atoms with van der Waals surface area (Å²) >= 11 is 0. The van der Waals surface area contributed by atoms with E-state index < -0.39 is 8.07 Å². The van der Waals surface area contributed by atoms with E-state index in [2.05, 4.69) is 37.6 Å². The van der Waals surface area contributed by atoms with Crippen molar-refractivity contribution in [1.29, 1.82) is 0 Å². The Morgan fingerprint density at radius 2 is 1.92 bits per heavy atom. The minimum absolute atomic E-state index is 0.833. The number of hydrogen-bond donors (Lipinski definition) is 0. The fourth-order valence-electron chi connectivity index (χ4n) is 1.61. The highest BCUT2D eigenvalue weighted by molar-refractivity contribution is 6.89. The first kappa shape index (κ1) is 10.1. The molecule has 1 aromatic rings. The molecule has 3 heteroatoms. The van der Waals surface area contributed by atoms with E-state index in [1.807, 2.05) is 11.7 Å². The van der Waals surface area contributed by atoms with Crippen LogP contribution in [0.3, 0.4) is 0 Å². The summed E-state index contributed by atoms with van der Waals surface area (Å²) in [6.07, 6.45) is 5.43. The van der Waals surface area contributed by atoms with Crippen molar-refractivity contribution in [2.75, 3.05) is 0 Å². The third kappa shape index (κ3) is 1.68. The van der Waals surface area contributed by atoms with Crippen LogP contribution in [0.25, 0.3) is 0 Å². The van der Waals surface area contributed by atoms with Crippen molar-refractivity contribution in [3.05, 3.63) is 11.4 Å². The molecule has 0 unspecified atom stereocenters. The van der Waals surface area contributed by atoms with Crippen molar-refractivity contribution < 1.29 is 0 Å². The zero-order chi connectivity index (χ0) is 10.2. The van der Waals surface area contributed by atoms with Crippen molar-refractivity contribution in [2.45, 2.75) is 26.6 Å². The fraction of sp³-hybridized carbons (Fsp3) is 0.500. The highest BCUT2D eigenvalue weighted by Gasteiger charge is 2.25. The van der Waals surface area contributed by atoms with Gasteiger partial charge >= 0.3 is 0 Å². The van der Waals surface area contributed by atoms with Gasteiger partial charge in [-0.2, -0.15) is 5.10 Å². The molecule has 0 aliphatic carbocycles. The molecule has 0 amide bonds. The Morgan fingerprint density at radius 1 is 1.38 bits per heavy atom. The van der Waals surface area contributed by atoms with Crippen molar-refractivity contribution in [1.82, 2.24) is 9.78 Å². The standard InChI is InChI=1S/C10H16N2Si/c1-7-9-10(13(4,5)6)8(2)12(3)11-9/h1H,2-6H3. The van der Waals surface area contributed by atoms with E-state index in [4.69, 9.17) is 6.42 Å². The predicted molar refractivity (Wildman–Crippen MR) is 58.9 cm³/mol. The number of hydrogen-bond acceptors (Lipinski definition) is 1. The highest BCUT2D eigenvalue weighted by Crippen LogP contribution is 2.08. The average molecular weight is 192 g/mol. The van der Waals surface area contributed by atoms with Crippen molar-refractivity contribution in [3.63, 3.8) is 0 Å². The summed E-state index contributed by atoms with van der Waals surface area (Å²) in [5.74, 6) is 2.67. The van der Waals surface area contributed by atoms with Crippen LogP contribution < -0.4 is 5.19 Å². The van der Waals surface area contributed by atoms with E-state index in [0.717, 1.165) is 5.69 Å². The highest BCUT2D eigenvalue weighted by atomic mass is 28.3. The van der Waals surface area contributed by atoms with Gasteiger partial charge < -0.3 is 0 Å². The van der Waals surface area contributed by atoms with E-state index in [9.17, 15) is 0 Å². The smallest absolute Gasteiger partial charge is 0.134 e. The van der Waals surface area contributed by atoms with Crippen molar-refractivity contribution in [3.8, 4) is 12.3 Å². The summed E-state index contributed by atoms with van der Waals surface area (Å²) in [7, 11) is 0.596. The fourth-order valence-corrected chi connectivity index (χ4v) is 3.69. The van der Waals surface area contributed by atoms with Gasteiger partial charge in [0, 0.05) is 12.7 Å². The molecule has 0 aliphatic rings. The van der Waals surface area contributed by atoms with Gasteiger partial charge in [-0.3, -0.25) is 4.68 Å². The summed E-state index contributed by atoms with van der Waals surface area (Å²) < 4.78 is 1.88. The van der Waals surface area contributed by atoms with Crippen LogP contribution in [0.2, 0.25) is 19.6 Å². The molecule has 70 valence electrons. The quantitative estimate of drug-likeness (QED) is 0.484. The van der Waals surface area contributed by atoms with Crippen LogP contribution in [0.1, 0.15) is 11.4 Å². The SMILES string of the molecule is C#Cc1nn(C)c(C)c1[Si](C)(C)C. The van der Waals surface area contributed by atoms with E-state index in [1.54, 1.807) is 0 Å². The first-order valence-electron chi connectivity index (χ1n) is 4.38. The van der Waals surface area contributed by atoms with Crippen LogP contribution in [-0.2, 0) is 7.05 Å². The van der Waals surface area contributed by atoms with E-state index in [0.29, 0.717) is 0 Å². The molecule has 0 bridgehead atoms. The third-order valence-corrected chi connectivity index (χ3v) is 4.32. The molecule has 0 saturated heterocycles. The van der Waals surface area contributed by atoms with Gasteiger partial charge in [-0.05, 0) is 18.0 Å². The zero-order valence-electron chi connectivity index (χ0n) is 8.97. The zero-order valence-corrected chi connectivity index (χ0v) is 9.97. The molecular weight excluding hydrogens is 176 g/mol. The van der Waals surface area contributed by atoms with Crippen LogP contribution >= 0.6 is 0 Å². The lowest BCUT2D eigenvalue weighted by Gasteiger charge is -2.16. The van der Waals surface area contributed by atoms with E-state index in [1.165, 1.54) is 10.9 Å². The van der Waals surface area contributed by atoms with Gasteiger partial charge in [0.05, 0.1) is 8.07 Å². The first-order valence-corrected chi connectivity index (χ1v) is 7.88. The molecule has 1 aromatic heterocycles. The maximum Gasteiger partial charge on any atom is 0.134 e. The molecule has 1 rings (SSSR count). The molecule has 0 aliphatic heterocycles. The summed E-state index contributed by atoms with van der Waals surface area (Å²) in [5, 5.41) is 5.63. The molecule has 0 radical (unpaired) electrons. The van der Waals surface area contributed by atoms with Gasteiger partial charge in [0.25, 0.3) is 0 Å². The van der Waals surface area contributed by atoms with Crippen molar-refractivity contribution >= 4 is 13.3 Å². The van der Waals surface area contributed by atoms with Gasteiger partial charge in [-0.25, -0.2) is 0 Å². The van der Waals surface area contributed by atoms with Crippen LogP contribution in [0.5, 0.6) is 0 Å². The van der Waals surface area contributed by atoms with Crippen LogP contribution in [0.4, 0.5) is 0 Å². The predicted octanol–water partition coefficient (Wildman–Crippen LogP) is 1.26. The number of terminal acetylenes is 1. The lowest BCUT2D eigenvalue weighted by atomic mass is 10.4. The molecule has 2 nitrogen and oxygen atoms in total. The van der Waals surface area contributed by atoms with Gasteiger partial charge in [-0.15, -0.1) is 6.42 Å². The number of nitrogens with zero attached hydrogens (tertiary/aromatic N) is 2. The second-order valence-electron chi connectivity index (χ2n) is 4.33. The van der Waals surface area contributed by atoms with E-state index >= 15 is 0 Å². The summed E-state index contributed by atoms with van der Waals surface area (Å²) in [4.78, 5) is 0. The molecule has 0 aromatic carbocycles. The Hall–Kier alpha value is -1.01. The van der Waals surface area contributed by atoms with Crippen LogP contribution in [0, 0.1) is 19.3 Å². The average Bonchev–Trinajstić information content (AvgIpc) is 2.26. The second-order valence-corrected chi connectivity index (χ2v) is 9.33. The molecule has 0 spiro atoms. The maximum atomic E-state index is 5.43. The van der Waals surface area contributed by atoms with Gasteiger partial charge in [0.15, 0.2) is 0 Å². The molecule has 0 fully saturated rings. The van der Waals surface area contributed by atoms with Gasteiger partial charge in [0.1, 0.15) is 5.69 Å². The van der Waals surface area contributed by atoms with E-state index in [-0.39, 0.29) is 0 Å². The molecule has 0 saturated carbocycles. The molecular formula is C10H16N2Si. The Balaban J connectivity index is 3.44. The second kappa shape index (κ2) is 3.04. The maximum absolute atomic E-state index is 5.43. The Kier molecular flexibility index (Phi) is 2.35. The summed E-state index contributed by atoms with van der Waals surface area (Å²) in [6, 6.07) is 0. The molecule has 0 atom stereocenters. The van der Waals surface area contributed by atoms with Crippen LogP contribution in [-0.4, -0.2) is 17.9 Å². The Bertz CT molecular complexity index is 364. The Labute approximate surface area is 81.0 Å². The number of aromatic nitrogens is 2. The number of aryl methyl sites for hydroxylation is 1. The largest absolute Gasteiger partial charge is 0.272 e. The summed E-state index contributed by atoms with van der Waals surface area (Å²) in [6.45, 7) is 8.95.